The van der Waals surface area contributed by atoms with Gasteiger partial charge in [0.15, 0.2) is 0 Å². The number of aryl methyl sites for hydroxylation is 3. The summed E-state index contributed by atoms with van der Waals surface area (Å²) in [6.07, 6.45) is 0.383. The van der Waals surface area contributed by atoms with Gasteiger partial charge < -0.3 is 10.6 Å². The molecule has 168 valence electrons. The maximum atomic E-state index is 13.2. The lowest BCUT2D eigenvalue weighted by molar-refractivity contribution is -0.121. The fourth-order valence-corrected chi connectivity index (χ4v) is 3.54. The van der Waals surface area contributed by atoms with Crippen LogP contribution in [0.4, 0.5) is 5.69 Å². The van der Waals surface area contributed by atoms with Crippen molar-refractivity contribution in [3.05, 3.63) is 69.6 Å². The van der Waals surface area contributed by atoms with Crippen LogP contribution in [-0.2, 0) is 22.6 Å². The first-order chi connectivity index (χ1) is 15.3. The second kappa shape index (κ2) is 10.2. The zero-order chi connectivity index (χ0) is 23.3. The van der Waals surface area contributed by atoms with E-state index in [0.717, 1.165) is 16.8 Å². The van der Waals surface area contributed by atoms with Gasteiger partial charge in [-0.3, -0.25) is 19.0 Å². The fraction of sp³-hybridized carbons (Fsp3) is 0.360. The number of anilines is 1. The topological polar surface area (TPSA) is 93.1 Å². The first-order valence-electron chi connectivity index (χ1n) is 10.9. The smallest absolute Gasteiger partial charge is 0.273 e. The zero-order valence-electron chi connectivity index (χ0n) is 19.1. The van der Waals surface area contributed by atoms with Gasteiger partial charge in [0.25, 0.3) is 5.56 Å². The molecule has 0 bridgehead atoms. The molecular weight excluding hydrogens is 404 g/mol. The second-order valence-electron chi connectivity index (χ2n) is 8.45. The van der Waals surface area contributed by atoms with Crippen molar-refractivity contribution in [2.24, 2.45) is 5.92 Å². The third-order valence-corrected chi connectivity index (χ3v) is 5.26. The molecule has 2 aromatic carbocycles. The maximum Gasteiger partial charge on any atom is 0.273 e. The summed E-state index contributed by atoms with van der Waals surface area (Å²) in [4.78, 5) is 42.6. The third-order valence-electron chi connectivity index (χ3n) is 5.26. The van der Waals surface area contributed by atoms with Crippen LogP contribution in [0.25, 0.3) is 11.0 Å². The number of fused-ring (bicyclic) bond motifs is 1. The van der Waals surface area contributed by atoms with Crippen LogP contribution in [0.1, 0.15) is 37.1 Å². The first-order valence-corrected chi connectivity index (χ1v) is 10.9. The molecule has 0 aliphatic heterocycles. The lowest BCUT2D eigenvalue weighted by Gasteiger charge is -2.15. The van der Waals surface area contributed by atoms with Gasteiger partial charge in [0, 0.05) is 25.1 Å². The minimum Gasteiger partial charge on any atom is -0.356 e. The Morgan fingerprint density at radius 2 is 1.69 bits per heavy atom. The maximum absolute atomic E-state index is 13.2. The molecule has 0 aliphatic carbocycles. The van der Waals surface area contributed by atoms with Gasteiger partial charge in [-0.25, -0.2) is 4.98 Å². The van der Waals surface area contributed by atoms with E-state index in [1.54, 1.807) is 12.1 Å². The largest absolute Gasteiger partial charge is 0.356 e. The highest BCUT2D eigenvalue weighted by Gasteiger charge is 2.16. The SMILES string of the molecule is Cc1cccc(C)c1NC(=O)Cn1c(=O)c(CCC(=O)NCC(C)C)nc2ccccc21. The number of amides is 2. The van der Waals surface area contributed by atoms with Crippen molar-refractivity contribution in [1.29, 1.82) is 0 Å². The summed E-state index contributed by atoms with van der Waals surface area (Å²) in [5, 5.41) is 5.79. The molecule has 0 aliphatic rings. The lowest BCUT2D eigenvalue weighted by Crippen LogP contribution is -2.32. The summed E-state index contributed by atoms with van der Waals surface area (Å²) < 4.78 is 1.44. The Bertz CT molecular complexity index is 1180. The monoisotopic (exact) mass is 434 g/mol. The molecule has 0 atom stereocenters. The number of rotatable bonds is 8. The molecule has 1 heterocycles. The molecular formula is C25H30N4O3. The fourth-order valence-electron chi connectivity index (χ4n) is 3.54. The molecule has 0 radical (unpaired) electrons. The molecule has 3 rings (SSSR count). The molecule has 2 amide bonds. The quantitative estimate of drug-likeness (QED) is 0.569. The summed E-state index contributed by atoms with van der Waals surface area (Å²) >= 11 is 0. The predicted octanol–water partition coefficient (Wildman–Crippen LogP) is 3.36. The number of para-hydroxylation sites is 3. The van der Waals surface area contributed by atoms with E-state index in [0.29, 0.717) is 23.5 Å². The molecule has 0 saturated heterocycles. The van der Waals surface area contributed by atoms with Crippen LogP contribution in [0.3, 0.4) is 0 Å². The Hall–Kier alpha value is -3.48. The van der Waals surface area contributed by atoms with Gasteiger partial charge in [-0.1, -0.05) is 44.2 Å². The van der Waals surface area contributed by atoms with Crippen molar-refractivity contribution in [2.75, 3.05) is 11.9 Å². The number of carbonyl (C=O) groups excluding carboxylic acids is 2. The highest BCUT2D eigenvalue weighted by Crippen LogP contribution is 2.19. The van der Waals surface area contributed by atoms with Gasteiger partial charge in [0.1, 0.15) is 12.2 Å². The van der Waals surface area contributed by atoms with E-state index in [1.807, 2.05) is 58.0 Å². The normalized spacial score (nSPS) is 11.0. The minimum atomic E-state index is -0.350. The lowest BCUT2D eigenvalue weighted by atomic mass is 10.1. The van der Waals surface area contributed by atoms with Crippen molar-refractivity contribution >= 4 is 28.5 Å². The van der Waals surface area contributed by atoms with Gasteiger partial charge >= 0.3 is 0 Å². The Balaban J connectivity index is 1.85. The number of nitrogens with one attached hydrogen (secondary N) is 2. The molecule has 1 aromatic heterocycles. The van der Waals surface area contributed by atoms with Gasteiger partial charge in [-0.15, -0.1) is 0 Å². The van der Waals surface area contributed by atoms with E-state index in [4.69, 9.17) is 0 Å². The Labute approximate surface area is 187 Å². The van der Waals surface area contributed by atoms with E-state index in [9.17, 15) is 14.4 Å². The number of hydrogen-bond donors (Lipinski definition) is 2. The Morgan fingerprint density at radius 3 is 2.38 bits per heavy atom. The molecule has 7 heteroatoms. The predicted molar refractivity (Wildman–Crippen MR) is 127 cm³/mol. The number of carbonyl (C=O) groups is 2. The summed E-state index contributed by atoms with van der Waals surface area (Å²) in [6, 6.07) is 13.0. The van der Waals surface area contributed by atoms with E-state index < -0.39 is 0 Å². The number of hydrogen-bond acceptors (Lipinski definition) is 4. The summed E-state index contributed by atoms with van der Waals surface area (Å²) in [6.45, 7) is 8.35. The van der Waals surface area contributed by atoms with E-state index >= 15 is 0 Å². The molecule has 2 N–H and O–H groups in total. The van der Waals surface area contributed by atoms with Crippen LogP contribution in [0.2, 0.25) is 0 Å². The van der Waals surface area contributed by atoms with Crippen LogP contribution in [0.15, 0.2) is 47.3 Å². The van der Waals surface area contributed by atoms with Gasteiger partial charge in [0.2, 0.25) is 11.8 Å². The van der Waals surface area contributed by atoms with Crippen LogP contribution in [0, 0.1) is 19.8 Å². The van der Waals surface area contributed by atoms with E-state index in [1.165, 1.54) is 4.57 Å². The van der Waals surface area contributed by atoms with Gasteiger partial charge in [-0.05, 0) is 43.0 Å². The summed E-state index contributed by atoms with van der Waals surface area (Å²) in [7, 11) is 0. The molecule has 0 fully saturated rings. The van der Waals surface area contributed by atoms with Crippen molar-refractivity contribution in [3.8, 4) is 0 Å². The highest BCUT2D eigenvalue weighted by atomic mass is 16.2. The molecule has 0 spiro atoms. The highest BCUT2D eigenvalue weighted by molar-refractivity contribution is 5.93. The average molecular weight is 435 g/mol. The standard InChI is InChI=1S/C25H30N4O3/c1-16(2)14-26-22(30)13-12-20-25(32)29(21-11-6-5-10-19(21)27-20)15-23(31)28-24-17(3)8-7-9-18(24)4/h5-11,16H,12-15H2,1-4H3,(H,26,30)(H,28,31). The number of nitrogens with zero attached hydrogens (tertiary/aromatic N) is 2. The first kappa shape index (κ1) is 23.2. The third kappa shape index (κ3) is 5.60. The molecule has 0 saturated carbocycles. The minimum absolute atomic E-state index is 0.118. The Kier molecular flexibility index (Phi) is 7.41. The zero-order valence-corrected chi connectivity index (χ0v) is 19.1. The summed E-state index contributed by atoms with van der Waals surface area (Å²) in [5.41, 5.74) is 3.80. The van der Waals surface area contributed by atoms with Crippen molar-refractivity contribution < 1.29 is 9.59 Å². The van der Waals surface area contributed by atoms with Crippen LogP contribution in [0.5, 0.6) is 0 Å². The van der Waals surface area contributed by atoms with Gasteiger partial charge in [-0.2, -0.15) is 0 Å². The average Bonchev–Trinajstić information content (AvgIpc) is 2.75. The molecule has 0 unspecified atom stereocenters. The van der Waals surface area contributed by atoms with Crippen LogP contribution < -0.4 is 16.2 Å². The van der Waals surface area contributed by atoms with E-state index in [-0.39, 0.29) is 42.5 Å². The Morgan fingerprint density at radius 1 is 1.00 bits per heavy atom. The second-order valence-corrected chi connectivity index (χ2v) is 8.45. The number of benzene rings is 2. The van der Waals surface area contributed by atoms with Crippen molar-refractivity contribution in [2.45, 2.75) is 47.1 Å². The van der Waals surface area contributed by atoms with E-state index in [2.05, 4.69) is 15.6 Å². The van der Waals surface area contributed by atoms with Gasteiger partial charge in [0.05, 0.1) is 11.0 Å². The van der Waals surface area contributed by atoms with Crippen molar-refractivity contribution in [3.63, 3.8) is 0 Å². The number of aromatic nitrogens is 2. The molecule has 32 heavy (non-hydrogen) atoms. The van der Waals surface area contributed by atoms with Crippen LogP contribution >= 0.6 is 0 Å². The van der Waals surface area contributed by atoms with Crippen LogP contribution in [-0.4, -0.2) is 27.9 Å². The molecule has 7 nitrogen and oxygen atoms in total. The van der Waals surface area contributed by atoms with Crippen molar-refractivity contribution in [1.82, 2.24) is 14.9 Å². The summed E-state index contributed by atoms with van der Waals surface area (Å²) in [5.74, 6) is -0.0563. The molecule has 3 aromatic rings.